The summed E-state index contributed by atoms with van der Waals surface area (Å²) in [6, 6.07) is 1.83. The Morgan fingerprint density at radius 3 is 2.44 bits per heavy atom. The quantitative estimate of drug-likeness (QED) is 0.425. The van der Waals surface area contributed by atoms with Gasteiger partial charge in [-0.1, -0.05) is 18.7 Å². The van der Waals surface area contributed by atoms with Gasteiger partial charge in [0.15, 0.2) is 0 Å². The molecule has 1 aromatic rings. The fourth-order valence-corrected chi connectivity index (χ4v) is 2.34. The summed E-state index contributed by atoms with van der Waals surface area (Å²) in [6.45, 7) is 4.40. The molecule has 3 nitrogen and oxygen atoms in total. The van der Waals surface area contributed by atoms with E-state index in [1.54, 1.807) is 6.92 Å². The van der Waals surface area contributed by atoms with E-state index in [1.165, 1.54) is 18.2 Å². The van der Waals surface area contributed by atoms with Crippen molar-refractivity contribution in [3.8, 4) is 0 Å². The van der Waals surface area contributed by atoms with Crippen LogP contribution in [0.25, 0.3) is 5.76 Å². The first-order chi connectivity index (χ1) is 12.4. The fraction of sp³-hybridized carbons (Fsp3) is 0.278. The van der Waals surface area contributed by atoms with Gasteiger partial charge >= 0.3 is 12.4 Å². The van der Waals surface area contributed by atoms with Gasteiger partial charge in [-0.05, 0) is 30.7 Å². The van der Waals surface area contributed by atoms with E-state index in [1.807, 2.05) is 0 Å². The molecule has 1 unspecified atom stereocenters. The van der Waals surface area contributed by atoms with Crippen molar-refractivity contribution in [3.63, 3.8) is 0 Å². The van der Waals surface area contributed by atoms with Gasteiger partial charge in [0.2, 0.25) is 0 Å². The molecule has 1 aromatic heterocycles. The molecule has 2 heterocycles. The number of nitrogens with zero attached hydrogens (tertiary/aromatic N) is 1. The van der Waals surface area contributed by atoms with Gasteiger partial charge in [0.05, 0.1) is 6.61 Å². The monoisotopic (exact) mass is 391 g/mol. The lowest BCUT2D eigenvalue weighted by molar-refractivity contribution is -0.141. The largest absolute Gasteiger partial charge is 0.507 e. The van der Waals surface area contributed by atoms with Gasteiger partial charge in [-0.3, -0.25) is 4.98 Å². The highest BCUT2D eigenvalue weighted by atomic mass is 19.4. The Morgan fingerprint density at radius 1 is 1.30 bits per heavy atom. The van der Waals surface area contributed by atoms with E-state index in [4.69, 9.17) is 4.74 Å². The molecule has 2 rings (SSSR count). The topological polar surface area (TPSA) is 42.4 Å². The smallest absolute Gasteiger partial charge is 0.433 e. The molecule has 1 aliphatic heterocycles. The minimum Gasteiger partial charge on any atom is -0.507 e. The highest BCUT2D eigenvalue weighted by Gasteiger charge is 2.36. The van der Waals surface area contributed by atoms with Crippen LogP contribution in [-0.2, 0) is 10.9 Å². The standard InChI is InChI=1S/C18H15F6NO2/c1-3-4-12(7-10(2)17(19,20)21)16-13(9-27-16)15(26)11-5-6-25-14(8-11)18(22,23)24/h3-8,16,26H,2,9H2,1H3/b4-3-,12-7+,15-13-. The lowest BCUT2D eigenvalue weighted by atomic mass is 9.92. The first kappa shape index (κ1) is 20.8. The van der Waals surface area contributed by atoms with Crippen LogP contribution in [-0.4, -0.2) is 29.0 Å². The van der Waals surface area contributed by atoms with Crippen LogP contribution in [0.2, 0.25) is 0 Å². The number of rotatable bonds is 4. The zero-order valence-electron chi connectivity index (χ0n) is 14.0. The Morgan fingerprint density at radius 2 is 1.96 bits per heavy atom. The average Bonchev–Trinajstić information content (AvgIpc) is 2.52. The van der Waals surface area contributed by atoms with E-state index in [-0.39, 0.29) is 23.3 Å². The third kappa shape index (κ3) is 4.79. The van der Waals surface area contributed by atoms with Gasteiger partial charge in [-0.25, -0.2) is 0 Å². The van der Waals surface area contributed by atoms with E-state index < -0.39 is 35.5 Å². The van der Waals surface area contributed by atoms with Crippen LogP contribution in [0.5, 0.6) is 0 Å². The van der Waals surface area contributed by atoms with Crippen molar-refractivity contribution in [2.75, 3.05) is 6.61 Å². The maximum atomic E-state index is 12.8. The highest BCUT2D eigenvalue weighted by Crippen LogP contribution is 2.36. The zero-order valence-corrected chi connectivity index (χ0v) is 14.0. The number of aromatic nitrogens is 1. The summed E-state index contributed by atoms with van der Waals surface area (Å²) in [5, 5.41) is 10.3. The number of hydrogen-bond acceptors (Lipinski definition) is 3. The number of aliphatic hydroxyl groups excluding tert-OH is 1. The Balaban J connectivity index is 2.41. The van der Waals surface area contributed by atoms with Crippen LogP contribution in [0.15, 0.2) is 59.9 Å². The van der Waals surface area contributed by atoms with Crippen LogP contribution < -0.4 is 0 Å². The highest BCUT2D eigenvalue weighted by molar-refractivity contribution is 5.66. The molecule has 27 heavy (non-hydrogen) atoms. The summed E-state index contributed by atoms with van der Waals surface area (Å²) in [4.78, 5) is 3.20. The van der Waals surface area contributed by atoms with Gasteiger partial charge in [0.1, 0.15) is 17.6 Å². The molecular formula is C18H15F6NO2. The molecule has 1 fully saturated rings. The summed E-state index contributed by atoms with van der Waals surface area (Å²) in [6.07, 6.45) is -5.89. The number of aliphatic hydroxyl groups is 1. The zero-order chi connectivity index (χ0) is 20.4. The predicted molar refractivity (Wildman–Crippen MR) is 86.6 cm³/mol. The molecule has 0 bridgehead atoms. The second-order valence-electron chi connectivity index (χ2n) is 5.66. The second kappa shape index (κ2) is 7.59. The van der Waals surface area contributed by atoms with E-state index in [2.05, 4.69) is 11.6 Å². The molecule has 146 valence electrons. The third-order valence-electron chi connectivity index (χ3n) is 3.72. The summed E-state index contributed by atoms with van der Waals surface area (Å²) < 4.78 is 81.7. The summed E-state index contributed by atoms with van der Waals surface area (Å²) in [5.74, 6) is -0.493. The Hall–Kier alpha value is -2.55. The van der Waals surface area contributed by atoms with Gasteiger partial charge in [-0.15, -0.1) is 0 Å². The maximum Gasteiger partial charge on any atom is 0.433 e. The van der Waals surface area contributed by atoms with E-state index in [0.717, 1.165) is 12.3 Å². The summed E-state index contributed by atoms with van der Waals surface area (Å²) >= 11 is 0. The van der Waals surface area contributed by atoms with Crippen LogP contribution >= 0.6 is 0 Å². The van der Waals surface area contributed by atoms with Crippen LogP contribution in [0.1, 0.15) is 18.2 Å². The van der Waals surface area contributed by atoms with Gasteiger partial charge < -0.3 is 9.84 Å². The van der Waals surface area contributed by atoms with Crippen molar-refractivity contribution in [3.05, 3.63) is 71.1 Å². The van der Waals surface area contributed by atoms with Gasteiger partial charge in [-0.2, -0.15) is 26.3 Å². The van der Waals surface area contributed by atoms with Crippen molar-refractivity contribution in [1.29, 1.82) is 0 Å². The molecule has 0 radical (unpaired) electrons. The SMILES string of the molecule is C=C(/C=C(\C=C/C)C1OC/C1=C(/O)c1ccnc(C(F)(F)F)c1)C(F)(F)F. The minimum absolute atomic E-state index is 0.0673. The third-order valence-corrected chi connectivity index (χ3v) is 3.72. The molecular weight excluding hydrogens is 376 g/mol. The summed E-state index contributed by atoms with van der Waals surface area (Å²) in [5.41, 5.74) is -2.24. The normalized spacial score (nSPS) is 20.6. The molecule has 1 aliphatic rings. The van der Waals surface area contributed by atoms with Gasteiger partial charge in [0, 0.05) is 22.9 Å². The fourth-order valence-electron chi connectivity index (χ4n) is 2.34. The number of alkyl halides is 6. The number of ether oxygens (including phenoxy) is 1. The maximum absolute atomic E-state index is 12.8. The predicted octanol–water partition coefficient (Wildman–Crippen LogP) is 5.39. The van der Waals surface area contributed by atoms with Gasteiger partial charge in [0.25, 0.3) is 0 Å². The molecule has 1 N–H and O–H groups in total. The number of pyridine rings is 1. The van der Waals surface area contributed by atoms with Crippen molar-refractivity contribution in [2.45, 2.75) is 25.4 Å². The van der Waals surface area contributed by atoms with Crippen LogP contribution in [0.3, 0.4) is 0 Å². The molecule has 1 saturated heterocycles. The number of allylic oxidation sites excluding steroid dienone is 3. The molecule has 0 aliphatic carbocycles. The molecule has 0 amide bonds. The lowest BCUT2D eigenvalue weighted by Crippen LogP contribution is -2.33. The second-order valence-corrected chi connectivity index (χ2v) is 5.66. The first-order valence-electron chi connectivity index (χ1n) is 7.62. The molecule has 9 heteroatoms. The van der Waals surface area contributed by atoms with E-state index in [0.29, 0.717) is 6.07 Å². The van der Waals surface area contributed by atoms with Crippen molar-refractivity contribution < 1.29 is 36.2 Å². The molecule has 0 saturated carbocycles. The Bertz CT molecular complexity index is 818. The van der Waals surface area contributed by atoms with Crippen LogP contribution in [0.4, 0.5) is 26.3 Å². The Labute approximate surface area is 151 Å². The molecule has 0 spiro atoms. The molecule has 0 aromatic carbocycles. The van der Waals surface area contributed by atoms with Crippen LogP contribution in [0, 0.1) is 0 Å². The number of hydrogen-bond donors (Lipinski definition) is 1. The van der Waals surface area contributed by atoms with E-state index in [9.17, 15) is 31.4 Å². The van der Waals surface area contributed by atoms with Crippen molar-refractivity contribution in [1.82, 2.24) is 4.98 Å². The lowest BCUT2D eigenvalue weighted by Gasteiger charge is -2.33. The first-order valence-corrected chi connectivity index (χ1v) is 7.62. The number of halogens is 6. The minimum atomic E-state index is -4.70. The Kier molecular flexibility index (Phi) is 5.84. The van der Waals surface area contributed by atoms with E-state index >= 15 is 0 Å². The van der Waals surface area contributed by atoms with Crippen molar-refractivity contribution >= 4 is 5.76 Å². The molecule has 1 atom stereocenters. The van der Waals surface area contributed by atoms with Crippen molar-refractivity contribution in [2.24, 2.45) is 0 Å². The average molecular weight is 391 g/mol. The summed E-state index contributed by atoms with van der Waals surface area (Å²) in [7, 11) is 0.